The predicted molar refractivity (Wildman–Crippen MR) is 107 cm³/mol. The number of para-hydroxylation sites is 1. The first-order chi connectivity index (χ1) is 13.0. The van der Waals surface area contributed by atoms with Gasteiger partial charge in [0.05, 0.1) is 5.56 Å². The summed E-state index contributed by atoms with van der Waals surface area (Å²) in [7, 11) is 3.79. The molecule has 1 fully saturated rings. The van der Waals surface area contributed by atoms with Gasteiger partial charge in [0.15, 0.2) is 0 Å². The molecule has 0 aliphatic carbocycles. The molecule has 1 saturated heterocycles. The highest BCUT2D eigenvalue weighted by molar-refractivity contribution is 8.77. The Labute approximate surface area is 166 Å². The van der Waals surface area contributed by atoms with E-state index in [4.69, 9.17) is 0 Å². The van der Waals surface area contributed by atoms with E-state index in [0.717, 1.165) is 12.8 Å². The molecular formula is C18H24N2O5S2. The summed E-state index contributed by atoms with van der Waals surface area (Å²) in [4.78, 5) is 35.4. The van der Waals surface area contributed by atoms with Crippen molar-refractivity contribution in [2.45, 2.75) is 43.4 Å². The van der Waals surface area contributed by atoms with Gasteiger partial charge in [-0.05, 0) is 31.4 Å². The Morgan fingerprint density at radius 1 is 1.22 bits per heavy atom. The molecule has 2 amide bonds. The van der Waals surface area contributed by atoms with Gasteiger partial charge in [-0.3, -0.25) is 9.59 Å². The van der Waals surface area contributed by atoms with Gasteiger partial charge < -0.3 is 20.8 Å². The van der Waals surface area contributed by atoms with Gasteiger partial charge in [-0.2, -0.15) is 0 Å². The average Bonchev–Trinajstić information content (AvgIpc) is 3.15. The summed E-state index contributed by atoms with van der Waals surface area (Å²) in [5, 5.41) is 24.4. The average molecular weight is 413 g/mol. The first-order valence-electron chi connectivity index (χ1n) is 8.84. The van der Waals surface area contributed by atoms with Gasteiger partial charge in [0.2, 0.25) is 5.91 Å². The maximum absolute atomic E-state index is 12.0. The van der Waals surface area contributed by atoms with Crippen LogP contribution in [-0.4, -0.2) is 51.6 Å². The molecule has 0 aromatic heterocycles. The van der Waals surface area contributed by atoms with Gasteiger partial charge in [-0.15, -0.1) is 0 Å². The van der Waals surface area contributed by atoms with Crippen molar-refractivity contribution in [3.63, 3.8) is 0 Å². The summed E-state index contributed by atoms with van der Waals surface area (Å²) in [6, 6.07) is 4.76. The number of phenolic OH excluding ortho intramolecular Hbond substituents is 1. The van der Waals surface area contributed by atoms with E-state index >= 15 is 0 Å². The van der Waals surface area contributed by atoms with E-state index in [1.54, 1.807) is 12.1 Å². The number of carbonyl (C=O) groups excluding carboxylic acids is 2. The monoisotopic (exact) mass is 412 g/mol. The van der Waals surface area contributed by atoms with Crippen LogP contribution >= 0.6 is 21.6 Å². The third-order valence-electron chi connectivity index (χ3n) is 4.16. The Balaban J connectivity index is 1.72. The minimum atomic E-state index is -1.22. The topological polar surface area (TPSA) is 116 Å². The van der Waals surface area contributed by atoms with E-state index in [2.05, 4.69) is 10.6 Å². The highest BCUT2D eigenvalue weighted by Crippen LogP contribution is 2.39. The number of benzene rings is 1. The van der Waals surface area contributed by atoms with Crippen molar-refractivity contribution >= 4 is 39.4 Å². The maximum atomic E-state index is 12.0. The van der Waals surface area contributed by atoms with Crippen LogP contribution in [0.2, 0.25) is 0 Å². The lowest BCUT2D eigenvalue weighted by atomic mass is 10.1. The van der Waals surface area contributed by atoms with E-state index in [1.807, 2.05) is 21.6 Å². The molecule has 0 spiro atoms. The third-order valence-corrected chi connectivity index (χ3v) is 7.16. The quantitative estimate of drug-likeness (QED) is 0.344. The molecule has 1 aliphatic heterocycles. The fourth-order valence-electron chi connectivity index (χ4n) is 2.64. The van der Waals surface area contributed by atoms with Crippen LogP contribution in [-0.2, 0) is 9.59 Å². The van der Waals surface area contributed by atoms with Crippen molar-refractivity contribution in [3.8, 4) is 5.75 Å². The number of unbranched alkanes of at least 4 members (excludes halogenated alkanes) is 1. The molecule has 7 nitrogen and oxygen atoms in total. The zero-order valence-electron chi connectivity index (χ0n) is 14.8. The van der Waals surface area contributed by atoms with Crippen LogP contribution < -0.4 is 10.6 Å². The van der Waals surface area contributed by atoms with Crippen LogP contribution in [0.25, 0.3) is 0 Å². The number of aliphatic carboxylic acids is 1. The van der Waals surface area contributed by atoms with Gasteiger partial charge in [0, 0.05) is 24.0 Å². The molecule has 2 unspecified atom stereocenters. The van der Waals surface area contributed by atoms with Crippen molar-refractivity contribution < 1.29 is 24.6 Å². The van der Waals surface area contributed by atoms with Gasteiger partial charge in [-0.25, -0.2) is 4.79 Å². The Bertz CT molecular complexity index is 665. The number of carboxylic acids is 1. The zero-order chi connectivity index (χ0) is 19.6. The summed E-state index contributed by atoms with van der Waals surface area (Å²) >= 11 is 0. The van der Waals surface area contributed by atoms with Gasteiger partial charge in [0.1, 0.15) is 11.8 Å². The molecule has 2 rings (SSSR count). The van der Waals surface area contributed by atoms with Gasteiger partial charge >= 0.3 is 5.97 Å². The molecule has 1 aromatic rings. The maximum Gasteiger partial charge on any atom is 0.328 e. The lowest BCUT2D eigenvalue weighted by molar-refractivity contribution is -0.141. The molecule has 9 heteroatoms. The second kappa shape index (κ2) is 11.1. The van der Waals surface area contributed by atoms with Crippen molar-refractivity contribution in [2.75, 3.05) is 12.3 Å². The Morgan fingerprint density at radius 3 is 2.67 bits per heavy atom. The minimum Gasteiger partial charge on any atom is -0.507 e. The summed E-state index contributed by atoms with van der Waals surface area (Å²) in [6.45, 7) is -0.260. The molecule has 148 valence electrons. The fourth-order valence-corrected chi connectivity index (χ4v) is 5.67. The van der Waals surface area contributed by atoms with Gasteiger partial charge in [-0.1, -0.05) is 40.1 Å². The Kier molecular flexibility index (Phi) is 8.80. The summed E-state index contributed by atoms with van der Waals surface area (Å²) in [5.74, 6) is -1.17. The first-order valence-corrected chi connectivity index (χ1v) is 11.2. The number of carbonyl (C=O) groups is 3. The second-order valence-corrected chi connectivity index (χ2v) is 9.05. The SMILES string of the molecule is O=C(CCCCC1CCSS1)NC(CNC(=O)c1ccccc1O)C(=O)O. The number of aromatic hydroxyl groups is 1. The Hall–Kier alpha value is -1.87. The van der Waals surface area contributed by atoms with Crippen LogP contribution in [0.15, 0.2) is 24.3 Å². The van der Waals surface area contributed by atoms with E-state index in [-0.39, 0.29) is 30.2 Å². The number of nitrogens with one attached hydrogen (secondary N) is 2. The fraction of sp³-hybridized carbons (Fsp3) is 0.500. The highest BCUT2D eigenvalue weighted by atomic mass is 33.1. The van der Waals surface area contributed by atoms with E-state index in [9.17, 15) is 24.6 Å². The van der Waals surface area contributed by atoms with Crippen molar-refractivity contribution in [1.29, 1.82) is 0 Å². The van der Waals surface area contributed by atoms with Crippen molar-refractivity contribution in [3.05, 3.63) is 29.8 Å². The van der Waals surface area contributed by atoms with E-state index in [0.29, 0.717) is 11.7 Å². The van der Waals surface area contributed by atoms with Crippen LogP contribution in [0.5, 0.6) is 5.75 Å². The van der Waals surface area contributed by atoms with E-state index < -0.39 is 17.9 Å². The summed E-state index contributed by atoms with van der Waals surface area (Å²) in [5.41, 5.74) is 0.0518. The third kappa shape index (κ3) is 7.34. The van der Waals surface area contributed by atoms with Gasteiger partial charge in [0.25, 0.3) is 5.91 Å². The number of phenols is 1. The second-order valence-electron chi connectivity index (χ2n) is 6.26. The standard InChI is InChI=1S/C18H24N2O5S2/c21-15-7-3-2-6-13(15)17(23)19-11-14(18(24)25)20-16(22)8-4-1-5-12-9-10-26-27-12/h2-3,6-7,12,14,21H,1,4-5,8-11H2,(H,19,23)(H,20,22)(H,24,25). The number of hydrogen-bond acceptors (Lipinski definition) is 6. The largest absolute Gasteiger partial charge is 0.507 e. The molecule has 2 atom stereocenters. The van der Waals surface area contributed by atoms with Crippen LogP contribution in [0.1, 0.15) is 42.5 Å². The molecule has 1 heterocycles. The number of carboxylic acid groups (broad SMARTS) is 1. The van der Waals surface area contributed by atoms with E-state index in [1.165, 1.54) is 24.3 Å². The molecule has 4 N–H and O–H groups in total. The molecular weight excluding hydrogens is 388 g/mol. The lowest BCUT2D eigenvalue weighted by Gasteiger charge is -2.16. The Morgan fingerprint density at radius 2 is 2.00 bits per heavy atom. The molecule has 27 heavy (non-hydrogen) atoms. The van der Waals surface area contributed by atoms with Crippen LogP contribution in [0, 0.1) is 0 Å². The predicted octanol–water partition coefficient (Wildman–Crippen LogP) is 2.41. The zero-order valence-corrected chi connectivity index (χ0v) is 16.5. The number of hydrogen-bond donors (Lipinski definition) is 4. The smallest absolute Gasteiger partial charge is 0.328 e. The minimum absolute atomic E-state index is 0.0518. The van der Waals surface area contributed by atoms with Crippen molar-refractivity contribution in [1.82, 2.24) is 10.6 Å². The number of amides is 2. The molecule has 1 aromatic carbocycles. The van der Waals surface area contributed by atoms with Crippen molar-refractivity contribution in [2.24, 2.45) is 0 Å². The molecule has 0 bridgehead atoms. The normalized spacial score (nSPS) is 17.3. The molecule has 0 radical (unpaired) electrons. The number of rotatable bonds is 10. The highest BCUT2D eigenvalue weighted by Gasteiger charge is 2.22. The summed E-state index contributed by atoms with van der Waals surface area (Å²) < 4.78 is 0. The molecule has 1 aliphatic rings. The lowest BCUT2D eigenvalue weighted by Crippen LogP contribution is -2.48. The van der Waals surface area contributed by atoms with Crippen LogP contribution in [0.4, 0.5) is 0 Å². The molecule has 0 saturated carbocycles. The first kappa shape index (κ1) is 21.4. The summed E-state index contributed by atoms with van der Waals surface area (Å²) in [6.07, 6.45) is 4.20. The van der Waals surface area contributed by atoms with Crippen LogP contribution in [0.3, 0.4) is 0 Å².